The molecule has 0 bridgehead atoms. The predicted molar refractivity (Wildman–Crippen MR) is 93.3 cm³/mol. The predicted octanol–water partition coefficient (Wildman–Crippen LogP) is 2.19. The third kappa shape index (κ3) is 3.27. The standard InChI is InChI=1S/C19H26N2O2/c1-13-17(12-21(2)14-7-5-4-6-8-14)19(22)16-11-15(23-3)9-10-18(16)20-13/h9-11,14H,4-8,12H2,1-3H3,(H,20,22)/p+1. The summed E-state index contributed by atoms with van der Waals surface area (Å²) in [5.41, 5.74) is 2.93. The van der Waals surface area contributed by atoms with E-state index >= 15 is 0 Å². The van der Waals surface area contributed by atoms with E-state index in [4.69, 9.17) is 4.74 Å². The average molecular weight is 315 g/mol. The molecule has 1 unspecified atom stereocenters. The van der Waals surface area contributed by atoms with Gasteiger partial charge in [-0.2, -0.15) is 0 Å². The van der Waals surface area contributed by atoms with Gasteiger partial charge < -0.3 is 14.6 Å². The number of pyridine rings is 1. The minimum Gasteiger partial charge on any atom is -0.497 e. The molecular formula is C19H27N2O2+. The molecule has 1 aliphatic rings. The molecule has 1 atom stereocenters. The summed E-state index contributed by atoms with van der Waals surface area (Å²) in [6, 6.07) is 6.33. The lowest BCUT2D eigenvalue weighted by Crippen LogP contribution is -3.12. The third-order valence-electron chi connectivity index (χ3n) is 5.28. The third-order valence-corrected chi connectivity index (χ3v) is 5.28. The van der Waals surface area contributed by atoms with Crippen molar-refractivity contribution in [1.82, 2.24) is 4.98 Å². The molecule has 4 nitrogen and oxygen atoms in total. The van der Waals surface area contributed by atoms with Crippen LogP contribution in [0.3, 0.4) is 0 Å². The highest BCUT2D eigenvalue weighted by atomic mass is 16.5. The number of nitrogens with one attached hydrogen (secondary N) is 2. The van der Waals surface area contributed by atoms with Gasteiger partial charge in [0.25, 0.3) is 0 Å². The second kappa shape index (κ2) is 6.75. The van der Waals surface area contributed by atoms with Crippen molar-refractivity contribution in [2.24, 2.45) is 0 Å². The molecule has 2 N–H and O–H groups in total. The van der Waals surface area contributed by atoms with E-state index in [9.17, 15) is 4.79 Å². The van der Waals surface area contributed by atoms with Gasteiger partial charge in [0.2, 0.25) is 0 Å². The number of aromatic nitrogens is 1. The van der Waals surface area contributed by atoms with Gasteiger partial charge >= 0.3 is 0 Å². The lowest BCUT2D eigenvalue weighted by Gasteiger charge is -2.28. The Morgan fingerprint density at radius 1 is 1.26 bits per heavy atom. The Kier molecular flexibility index (Phi) is 4.71. The highest BCUT2D eigenvalue weighted by Gasteiger charge is 2.23. The van der Waals surface area contributed by atoms with Crippen LogP contribution >= 0.6 is 0 Å². The molecular weight excluding hydrogens is 288 g/mol. The molecule has 1 aromatic heterocycles. The van der Waals surface area contributed by atoms with Gasteiger partial charge in [-0.05, 0) is 50.8 Å². The lowest BCUT2D eigenvalue weighted by atomic mass is 9.94. The van der Waals surface area contributed by atoms with Gasteiger partial charge in [-0.15, -0.1) is 0 Å². The van der Waals surface area contributed by atoms with Crippen LogP contribution in [0.4, 0.5) is 0 Å². The molecule has 1 fully saturated rings. The Bertz CT molecular complexity index is 745. The molecule has 1 aromatic carbocycles. The van der Waals surface area contributed by atoms with Gasteiger partial charge in [-0.3, -0.25) is 4.79 Å². The smallest absolute Gasteiger partial charge is 0.198 e. The summed E-state index contributed by atoms with van der Waals surface area (Å²) in [4.78, 5) is 17.8. The number of aryl methyl sites for hydroxylation is 1. The molecule has 4 heteroatoms. The number of ether oxygens (including phenoxy) is 1. The van der Waals surface area contributed by atoms with Gasteiger partial charge in [-0.25, -0.2) is 0 Å². The zero-order chi connectivity index (χ0) is 16.4. The highest BCUT2D eigenvalue weighted by molar-refractivity contribution is 5.81. The minimum absolute atomic E-state index is 0.144. The van der Waals surface area contributed by atoms with Crippen LogP contribution in [-0.2, 0) is 6.54 Å². The first-order valence-electron chi connectivity index (χ1n) is 8.62. The van der Waals surface area contributed by atoms with Gasteiger partial charge in [-0.1, -0.05) is 6.42 Å². The van der Waals surface area contributed by atoms with Crippen LogP contribution in [-0.4, -0.2) is 25.2 Å². The van der Waals surface area contributed by atoms with Crippen LogP contribution in [0.1, 0.15) is 43.4 Å². The van der Waals surface area contributed by atoms with Crippen LogP contribution in [0.5, 0.6) is 5.75 Å². The van der Waals surface area contributed by atoms with Crippen LogP contribution in [0.25, 0.3) is 10.9 Å². The fraction of sp³-hybridized carbons (Fsp3) is 0.526. The molecule has 124 valence electrons. The number of benzene rings is 1. The largest absolute Gasteiger partial charge is 0.497 e. The molecule has 0 spiro atoms. The van der Waals surface area contributed by atoms with E-state index in [-0.39, 0.29) is 5.43 Å². The maximum atomic E-state index is 12.9. The van der Waals surface area contributed by atoms with Gasteiger partial charge in [0.1, 0.15) is 12.3 Å². The maximum absolute atomic E-state index is 12.9. The molecule has 0 radical (unpaired) electrons. The Labute approximate surface area is 137 Å². The van der Waals surface area contributed by atoms with Gasteiger partial charge in [0, 0.05) is 16.6 Å². The number of rotatable bonds is 4. The second-order valence-corrected chi connectivity index (χ2v) is 6.83. The van der Waals surface area contributed by atoms with E-state index in [1.165, 1.54) is 37.0 Å². The summed E-state index contributed by atoms with van der Waals surface area (Å²) in [5.74, 6) is 0.728. The zero-order valence-corrected chi connectivity index (χ0v) is 14.4. The van der Waals surface area contributed by atoms with Crippen molar-refractivity contribution >= 4 is 10.9 Å². The number of aromatic amines is 1. The number of fused-ring (bicyclic) bond motifs is 1. The number of hydrogen-bond donors (Lipinski definition) is 2. The quantitative estimate of drug-likeness (QED) is 0.908. The molecule has 1 saturated carbocycles. The van der Waals surface area contributed by atoms with Gasteiger partial charge in [0.15, 0.2) is 5.43 Å². The molecule has 1 heterocycles. The number of hydrogen-bond acceptors (Lipinski definition) is 2. The minimum atomic E-state index is 0.144. The second-order valence-electron chi connectivity index (χ2n) is 6.83. The molecule has 23 heavy (non-hydrogen) atoms. The Morgan fingerprint density at radius 2 is 2.00 bits per heavy atom. The normalized spacial score (nSPS) is 17.3. The monoisotopic (exact) mass is 315 g/mol. The van der Waals surface area contributed by atoms with Crippen molar-refractivity contribution in [3.63, 3.8) is 0 Å². The van der Waals surface area contributed by atoms with Crippen molar-refractivity contribution in [3.05, 3.63) is 39.7 Å². The van der Waals surface area contributed by atoms with E-state index in [1.54, 1.807) is 7.11 Å². The Balaban J connectivity index is 1.94. The first-order valence-corrected chi connectivity index (χ1v) is 8.62. The number of methoxy groups -OCH3 is 1. The summed E-state index contributed by atoms with van der Waals surface area (Å²) in [5, 5.41) is 0.724. The van der Waals surface area contributed by atoms with Crippen LogP contribution in [0.2, 0.25) is 0 Å². The number of H-pyrrole nitrogens is 1. The fourth-order valence-corrected chi connectivity index (χ4v) is 3.79. The molecule has 0 saturated heterocycles. The maximum Gasteiger partial charge on any atom is 0.198 e. The molecule has 0 amide bonds. The van der Waals surface area contributed by atoms with Crippen molar-refractivity contribution in [1.29, 1.82) is 0 Å². The summed E-state index contributed by atoms with van der Waals surface area (Å²) in [6.45, 7) is 2.80. The van der Waals surface area contributed by atoms with Gasteiger partial charge in [0.05, 0.1) is 25.8 Å². The van der Waals surface area contributed by atoms with Crippen LogP contribution < -0.4 is 15.1 Å². The van der Waals surface area contributed by atoms with E-state index in [2.05, 4.69) is 12.0 Å². The summed E-state index contributed by atoms with van der Waals surface area (Å²) >= 11 is 0. The van der Waals surface area contributed by atoms with Crippen molar-refractivity contribution in [3.8, 4) is 5.75 Å². The SMILES string of the molecule is COc1ccc2[nH]c(C)c(C[NH+](C)C3CCCCC3)c(=O)c2c1. The van der Waals surface area contributed by atoms with E-state index in [0.717, 1.165) is 34.5 Å². The van der Waals surface area contributed by atoms with E-state index < -0.39 is 0 Å². The summed E-state index contributed by atoms with van der Waals surface area (Å²) in [7, 11) is 3.86. The molecule has 2 aromatic rings. The van der Waals surface area contributed by atoms with E-state index in [1.807, 2.05) is 25.1 Å². The molecule has 1 aliphatic carbocycles. The fourth-order valence-electron chi connectivity index (χ4n) is 3.79. The number of quaternary nitrogens is 1. The Morgan fingerprint density at radius 3 is 2.70 bits per heavy atom. The summed E-state index contributed by atoms with van der Waals surface area (Å²) in [6.07, 6.45) is 6.58. The van der Waals surface area contributed by atoms with Crippen molar-refractivity contribution in [2.45, 2.75) is 51.6 Å². The highest BCUT2D eigenvalue weighted by Crippen LogP contribution is 2.19. The molecule has 3 rings (SSSR count). The summed E-state index contributed by atoms with van der Waals surface area (Å²) < 4.78 is 5.27. The topological polar surface area (TPSA) is 46.5 Å². The lowest BCUT2D eigenvalue weighted by molar-refractivity contribution is -0.921. The first kappa shape index (κ1) is 16.1. The van der Waals surface area contributed by atoms with E-state index in [0.29, 0.717) is 6.04 Å². The van der Waals surface area contributed by atoms with Crippen molar-refractivity contribution < 1.29 is 9.64 Å². The van der Waals surface area contributed by atoms with Crippen LogP contribution in [0.15, 0.2) is 23.0 Å². The molecule has 0 aliphatic heterocycles. The first-order chi connectivity index (χ1) is 11.1. The van der Waals surface area contributed by atoms with Crippen LogP contribution in [0, 0.1) is 6.92 Å². The van der Waals surface area contributed by atoms with Crippen molar-refractivity contribution in [2.75, 3.05) is 14.2 Å². The average Bonchev–Trinajstić information content (AvgIpc) is 2.59. The zero-order valence-electron chi connectivity index (χ0n) is 14.4. The Hall–Kier alpha value is -1.81.